The molecule has 1 aliphatic rings. The molecule has 10 heteroatoms. The van der Waals surface area contributed by atoms with Crippen LogP contribution in [0.3, 0.4) is 0 Å². The number of aryl methyl sites for hydroxylation is 1. The molecule has 0 unspecified atom stereocenters. The Balaban J connectivity index is 1.32. The first kappa shape index (κ1) is 24.5. The van der Waals surface area contributed by atoms with E-state index in [9.17, 15) is 9.59 Å². The Morgan fingerprint density at radius 2 is 2.00 bits per heavy atom. The molecular formula is C26H26BrN5O3S. The summed E-state index contributed by atoms with van der Waals surface area (Å²) >= 11 is 4.87. The van der Waals surface area contributed by atoms with Crippen molar-refractivity contribution in [3.8, 4) is 16.2 Å². The second-order valence-corrected chi connectivity index (χ2v) is 11.1. The number of halogens is 1. The molecule has 1 saturated carbocycles. The smallest absolute Gasteiger partial charge is 0.274 e. The maximum atomic E-state index is 13.7. The number of hydrogen-bond acceptors (Lipinski definition) is 6. The number of carbonyl (C=O) groups excluding carboxylic acids is 2. The second kappa shape index (κ2) is 10.4. The molecule has 2 amide bonds. The Kier molecular flexibility index (Phi) is 7.06. The molecule has 2 heterocycles. The van der Waals surface area contributed by atoms with Crippen LogP contribution in [0.2, 0.25) is 0 Å². The van der Waals surface area contributed by atoms with Gasteiger partial charge in [-0.1, -0.05) is 30.3 Å². The van der Waals surface area contributed by atoms with E-state index in [0.29, 0.717) is 40.9 Å². The summed E-state index contributed by atoms with van der Waals surface area (Å²) in [4.78, 5) is 33.7. The van der Waals surface area contributed by atoms with Gasteiger partial charge in [0.15, 0.2) is 9.61 Å². The van der Waals surface area contributed by atoms with E-state index in [1.807, 2.05) is 55.6 Å². The van der Waals surface area contributed by atoms with Gasteiger partial charge >= 0.3 is 0 Å². The Hall–Kier alpha value is -3.24. The second-order valence-electron chi connectivity index (χ2n) is 8.82. The maximum Gasteiger partial charge on any atom is 0.274 e. The normalized spacial score (nSPS) is 13.1. The lowest BCUT2D eigenvalue weighted by molar-refractivity contribution is 0.0736. The van der Waals surface area contributed by atoms with Crippen LogP contribution in [-0.2, 0) is 7.05 Å². The van der Waals surface area contributed by atoms with Crippen molar-refractivity contribution in [3.05, 3.63) is 63.8 Å². The Labute approximate surface area is 221 Å². The molecule has 1 fully saturated rings. The largest absolute Gasteiger partial charge is 0.497 e. The van der Waals surface area contributed by atoms with Crippen molar-refractivity contribution in [2.75, 3.05) is 26.7 Å². The zero-order valence-electron chi connectivity index (χ0n) is 20.0. The quantitative estimate of drug-likeness (QED) is 0.315. The number of nitrogens with one attached hydrogen (secondary N) is 1. The van der Waals surface area contributed by atoms with Gasteiger partial charge in [-0.05, 0) is 58.5 Å². The van der Waals surface area contributed by atoms with Crippen LogP contribution in [0.5, 0.6) is 5.75 Å². The van der Waals surface area contributed by atoms with Crippen molar-refractivity contribution in [2.24, 2.45) is 13.0 Å². The lowest BCUT2D eigenvalue weighted by atomic mass is 10.1. The molecule has 8 nitrogen and oxygen atoms in total. The minimum Gasteiger partial charge on any atom is -0.497 e. The molecule has 0 atom stereocenters. The first-order valence-corrected chi connectivity index (χ1v) is 13.4. The predicted octanol–water partition coefficient (Wildman–Crippen LogP) is 4.75. The third kappa shape index (κ3) is 5.15. The number of ether oxygens (including phenoxy) is 1. The van der Waals surface area contributed by atoms with Gasteiger partial charge < -0.3 is 15.0 Å². The lowest BCUT2D eigenvalue weighted by Gasteiger charge is -2.22. The van der Waals surface area contributed by atoms with Gasteiger partial charge in [-0.15, -0.1) is 11.3 Å². The van der Waals surface area contributed by atoms with Crippen molar-refractivity contribution in [1.29, 1.82) is 0 Å². The number of thiazole rings is 1. The molecule has 1 N–H and O–H groups in total. The van der Waals surface area contributed by atoms with Crippen LogP contribution in [0.25, 0.3) is 21.3 Å². The summed E-state index contributed by atoms with van der Waals surface area (Å²) in [5.74, 6) is 0.819. The van der Waals surface area contributed by atoms with E-state index in [1.54, 1.807) is 16.7 Å². The summed E-state index contributed by atoms with van der Waals surface area (Å²) in [5.41, 5.74) is 2.56. The maximum absolute atomic E-state index is 13.7. The number of aromatic nitrogens is 3. The fourth-order valence-electron chi connectivity index (χ4n) is 4.21. The van der Waals surface area contributed by atoms with Gasteiger partial charge in [-0.2, -0.15) is 5.10 Å². The molecule has 0 spiro atoms. The molecule has 2 aromatic carbocycles. The average molecular weight is 568 g/mol. The van der Waals surface area contributed by atoms with Gasteiger partial charge in [0, 0.05) is 32.1 Å². The van der Waals surface area contributed by atoms with E-state index in [1.165, 1.54) is 11.3 Å². The lowest BCUT2D eigenvalue weighted by Crippen LogP contribution is -2.40. The molecule has 36 heavy (non-hydrogen) atoms. The average Bonchev–Trinajstić information content (AvgIpc) is 3.54. The summed E-state index contributed by atoms with van der Waals surface area (Å²) in [7, 11) is 3.44. The molecule has 1 aliphatic carbocycles. The number of carbonyl (C=O) groups is 2. The monoisotopic (exact) mass is 567 g/mol. The van der Waals surface area contributed by atoms with Gasteiger partial charge in [0.2, 0.25) is 0 Å². The van der Waals surface area contributed by atoms with Crippen LogP contribution >= 0.6 is 27.3 Å². The standard InChI is InChI=1S/C26H26BrN5O3S/c1-31-20-9-4-3-8-19(20)21(30-31)24(33)28-12-13-32(15-16-10-11-16)25(34)22-23(36-26(27)29-22)17-6-5-7-18(14-17)35-2/h3-9,14,16H,10-13,15H2,1-2H3,(H,28,33). The van der Waals surface area contributed by atoms with Gasteiger partial charge in [-0.3, -0.25) is 14.3 Å². The van der Waals surface area contributed by atoms with Crippen LogP contribution in [0.15, 0.2) is 52.4 Å². The molecule has 186 valence electrons. The highest BCUT2D eigenvalue weighted by Gasteiger charge is 2.30. The number of methoxy groups -OCH3 is 1. The number of nitrogens with zero attached hydrogens (tertiary/aromatic N) is 4. The molecule has 0 saturated heterocycles. The topological polar surface area (TPSA) is 89.3 Å². The Bertz CT molecular complexity index is 1430. The summed E-state index contributed by atoms with van der Waals surface area (Å²) < 4.78 is 7.71. The van der Waals surface area contributed by atoms with E-state index in [2.05, 4.69) is 31.3 Å². The Morgan fingerprint density at radius 1 is 1.19 bits per heavy atom. The third-order valence-corrected chi connectivity index (χ3v) is 7.79. The Morgan fingerprint density at radius 3 is 2.78 bits per heavy atom. The van der Waals surface area contributed by atoms with Crippen molar-refractivity contribution in [2.45, 2.75) is 12.8 Å². The molecule has 2 aromatic heterocycles. The molecular weight excluding hydrogens is 542 g/mol. The van der Waals surface area contributed by atoms with Gasteiger partial charge in [-0.25, -0.2) is 4.98 Å². The van der Waals surface area contributed by atoms with Crippen LogP contribution in [-0.4, -0.2) is 58.2 Å². The van der Waals surface area contributed by atoms with Crippen molar-refractivity contribution < 1.29 is 14.3 Å². The number of hydrogen-bond donors (Lipinski definition) is 1. The number of benzene rings is 2. The summed E-state index contributed by atoms with van der Waals surface area (Å²) in [5, 5.41) is 8.14. The van der Waals surface area contributed by atoms with E-state index in [4.69, 9.17) is 4.74 Å². The number of para-hydroxylation sites is 1. The van der Waals surface area contributed by atoms with Crippen LogP contribution in [0.1, 0.15) is 33.8 Å². The van der Waals surface area contributed by atoms with Crippen molar-refractivity contribution in [3.63, 3.8) is 0 Å². The highest BCUT2D eigenvalue weighted by Crippen LogP contribution is 2.36. The van der Waals surface area contributed by atoms with E-state index in [-0.39, 0.29) is 11.8 Å². The molecule has 0 radical (unpaired) electrons. The molecule has 0 aliphatic heterocycles. The SMILES string of the molecule is COc1cccc(-c2sc(Br)nc2C(=O)N(CCNC(=O)c2nn(C)c3ccccc23)CC2CC2)c1. The van der Waals surface area contributed by atoms with E-state index < -0.39 is 0 Å². The minimum absolute atomic E-state index is 0.140. The van der Waals surface area contributed by atoms with Crippen LogP contribution < -0.4 is 10.1 Å². The summed E-state index contributed by atoms with van der Waals surface area (Å²) in [6.45, 7) is 1.36. The van der Waals surface area contributed by atoms with E-state index in [0.717, 1.165) is 39.9 Å². The number of rotatable bonds is 9. The van der Waals surface area contributed by atoms with Gasteiger partial charge in [0.05, 0.1) is 17.5 Å². The highest BCUT2D eigenvalue weighted by molar-refractivity contribution is 9.11. The minimum atomic E-state index is -0.251. The summed E-state index contributed by atoms with van der Waals surface area (Å²) in [6, 6.07) is 15.2. The predicted molar refractivity (Wildman–Crippen MR) is 143 cm³/mol. The van der Waals surface area contributed by atoms with Crippen LogP contribution in [0.4, 0.5) is 0 Å². The van der Waals surface area contributed by atoms with Crippen molar-refractivity contribution in [1.82, 2.24) is 25.0 Å². The molecule has 0 bridgehead atoms. The number of amides is 2. The summed E-state index contributed by atoms with van der Waals surface area (Å²) in [6.07, 6.45) is 2.22. The number of fused-ring (bicyclic) bond motifs is 1. The first-order chi connectivity index (χ1) is 17.4. The first-order valence-electron chi connectivity index (χ1n) is 11.7. The molecule has 4 aromatic rings. The van der Waals surface area contributed by atoms with Crippen LogP contribution in [0, 0.1) is 5.92 Å². The fraction of sp³-hybridized carbons (Fsp3) is 0.308. The third-order valence-electron chi connectivity index (χ3n) is 6.24. The van der Waals surface area contributed by atoms with Gasteiger partial charge in [0.25, 0.3) is 11.8 Å². The van der Waals surface area contributed by atoms with E-state index >= 15 is 0 Å². The van der Waals surface area contributed by atoms with Crippen molar-refractivity contribution >= 4 is 50.0 Å². The zero-order valence-corrected chi connectivity index (χ0v) is 22.4. The fourth-order valence-corrected chi connectivity index (χ4v) is 5.65. The highest BCUT2D eigenvalue weighted by atomic mass is 79.9. The molecule has 5 rings (SSSR count). The van der Waals surface area contributed by atoms with Gasteiger partial charge in [0.1, 0.15) is 11.4 Å². The zero-order chi connectivity index (χ0) is 25.2.